The Balaban J connectivity index is 5.64. The summed E-state index contributed by atoms with van der Waals surface area (Å²) < 4.78 is 0. The van der Waals surface area contributed by atoms with Gasteiger partial charge in [-0.15, -0.1) is 0 Å². The molecule has 0 saturated carbocycles. The molecule has 258 valence electrons. The van der Waals surface area contributed by atoms with E-state index in [4.69, 9.17) is 15.9 Å². The summed E-state index contributed by atoms with van der Waals surface area (Å²) in [5.74, 6) is -12.6. The van der Waals surface area contributed by atoms with Crippen molar-refractivity contribution in [3.63, 3.8) is 0 Å². The molecule has 0 bridgehead atoms. The van der Waals surface area contributed by atoms with Crippen LogP contribution in [0, 0.1) is 5.92 Å². The average Bonchev–Trinajstić information content (AvgIpc) is 2.94. The SMILES string of the molecule is CC(C)[C@H](NC(=O)[C@@H](N)CCC(=O)O)C(=O)N[C@@H](CC(=O)O)C(=O)N[C@@H](CC(=O)O)C(=O)N[C@@H](C)C(=O)NCC(=O)NCC(=O)O. The summed E-state index contributed by atoms with van der Waals surface area (Å²) in [5.41, 5.74) is 5.66. The lowest BCUT2D eigenvalue weighted by atomic mass is 10.0. The number of rotatable bonds is 21. The number of carboxylic acid groups (broad SMARTS) is 4. The highest BCUT2D eigenvalue weighted by Gasteiger charge is 2.34. The van der Waals surface area contributed by atoms with Crippen molar-refractivity contribution < 1.29 is 68.4 Å². The van der Waals surface area contributed by atoms with Crippen LogP contribution in [0.2, 0.25) is 0 Å². The predicted octanol–water partition coefficient (Wildman–Crippen LogP) is -4.94. The van der Waals surface area contributed by atoms with E-state index in [1.165, 1.54) is 13.8 Å². The molecule has 0 radical (unpaired) electrons. The number of aliphatic carboxylic acids is 4. The average molecular weight is 662 g/mol. The van der Waals surface area contributed by atoms with Crippen molar-refractivity contribution in [1.82, 2.24) is 31.9 Å². The number of hydrogen-bond acceptors (Lipinski definition) is 11. The molecule has 0 fully saturated rings. The highest BCUT2D eigenvalue weighted by molar-refractivity contribution is 5.98. The molecule has 0 saturated heterocycles. The molecular formula is C25H39N7O14. The van der Waals surface area contributed by atoms with Gasteiger partial charge in [-0.25, -0.2) is 0 Å². The molecule has 12 N–H and O–H groups in total. The van der Waals surface area contributed by atoms with Gasteiger partial charge in [-0.1, -0.05) is 13.8 Å². The van der Waals surface area contributed by atoms with Gasteiger partial charge in [0.15, 0.2) is 0 Å². The van der Waals surface area contributed by atoms with E-state index in [2.05, 4.69) is 21.3 Å². The maximum Gasteiger partial charge on any atom is 0.322 e. The molecule has 0 spiro atoms. The molecule has 0 unspecified atom stereocenters. The maximum atomic E-state index is 13.0. The number of nitrogens with two attached hydrogens (primary N) is 1. The topological polar surface area (TPSA) is 350 Å². The minimum atomic E-state index is -1.89. The summed E-state index contributed by atoms with van der Waals surface area (Å²) in [6, 6.07) is -7.87. The number of amides is 6. The Hall–Kier alpha value is -5.34. The van der Waals surface area contributed by atoms with Crippen LogP contribution in [0.5, 0.6) is 0 Å². The van der Waals surface area contributed by atoms with Gasteiger partial charge in [-0.3, -0.25) is 47.9 Å². The second-order valence-electron chi connectivity index (χ2n) is 10.2. The lowest BCUT2D eigenvalue weighted by Crippen LogP contribution is -2.60. The van der Waals surface area contributed by atoms with Crippen molar-refractivity contribution in [3.8, 4) is 0 Å². The van der Waals surface area contributed by atoms with E-state index < -0.39 is 128 Å². The fourth-order valence-corrected chi connectivity index (χ4v) is 3.44. The van der Waals surface area contributed by atoms with Crippen LogP contribution in [0.3, 0.4) is 0 Å². The van der Waals surface area contributed by atoms with E-state index in [-0.39, 0.29) is 6.42 Å². The van der Waals surface area contributed by atoms with E-state index in [1.807, 2.05) is 10.6 Å². The molecule has 0 heterocycles. The summed E-state index contributed by atoms with van der Waals surface area (Å²) in [6.07, 6.45) is -2.78. The van der Waals surface area contributed by atoms with Crippen LogP contribution < -0.4 is 37.6 Å². The predicted molar refractivity (Wildman–Crippen MR) is 151 cm³/mol. The lowest BCUT2D eigenvalue weighted by molar-refractivity contribution is -0.143. The largest absolute Gasteiger partial charge is 0.481 e. The molecule has 0 aromatic rings. The monoisotopic (exact) mass is 661 g/mol. The first-order valence-electron chi connectivity index (χ1n) is 13.6. The second-order valence-corrected chi connectivity index (χ2v) is 10.2. The Morgan fingerprint density at radius 2 is 1.07 bits per heavy atom. The van der Waals surface area contributed by atoms with Crippen molar-refractivity contribution in [2.24, 2.45) is 11.7 Å². The third-order valence-corrected chi connectivity index (χ3v) is 5.89. The number of hydrogen-bond donors (Lipinski definition) is 11. The first-order valence-corrected chi connectivity index (χ1v) is 13.6. The number of nitrogens with one attached hydrogen (secondary N) is 6. The van der Waals surface area contributed by atoms with E-state index in [0.717, 1.165) is 6.92 Å². The smallest absolute Gasteiger partial charge is 0.322 e. The Bertz CT molecular complexity index is 1190. The summed E-state index contributed by atoms with van der Waals surface area (Å²) in [7, 11) is 0. The van der Waals surface area contributed by atoms with E-state index in [1.54, 1.807) is 0 Å². The zero-order valence-electron chi connectivity index (χ0n) is 25.2. The minimum Gasteiger partial charge on any atom is -0.481 e. The zero-order chi connectivity index (χ0) is 35.7. The standard InChI is InChI=1S/C25H39N7O14/c1-10(2)20(32-22(43)12(26)4-5-16(34)35)25(46)31-14(7-18(38)39)24(45)30-13(6-17(36)37)23(44)29-11(3)21(42)28-8-15(33)27-9-19(40)41/h10-14,20H,4-9,26H2,1-3H3,(H,27,33)(H,28,42)(H,29,44)(H,30,45)(H,31,46)(H,32,43)(H,34,35)(H,36,37)(H,38,39)(H,40,41)/t11-,12-,13-,14-,20-/m0/s1. The normalized spacial score (nSPS) is 13.8. The van der Waals surface area contributed by atoms with Crippen LogP contribution in [0.15, 0.2) is 0 Å². The van der Waals surface area contributed by atoms with Crippen LogP contribution in [0.1, 0.15) is 46.5 Å². The summed E-state index contributed by atoms with van der Waals surface area (Å²) in [5, 5.41) is 48.5. The Labute approximate surface area is 261 Å². The molecule has 21 nitrogen and oxygen atoms in total. The highest BCUT2D eigenvalue weighted by atomic mass is 16.4. The van der Waals surface area contributed by atoms with Gasteiger partial charge in [-0.05, 0) is 19.3 Å². The molecular weight excluding hydrogens is 622 g/mol. The summed E-state index contributed by atoms with van der Waals surface area (Å²) in [6.45, 7) is 2.75. The molecule has 5 atom stereocenters. The van der Waals surface area contributed by atoms with Crippen LogP contribution in [-0.2, 0) is 47.9 Å². The van der Waals surface area contributed by atoms with Gasteiger partial charge in [0.2, 0.25) is 35.4 Å². The number of carboxylic acids is 4. The molecule has 0 aliphatic heterocycles. The van der Waals surface area contributed by atoms with Gasteiger partial charge >= 0.3 is 23.9 Å². The molecule has 0 rings (SSSR count). The first-order chi connectivity index (χ1) is 21.2. The van der Waals surface area contributed by atoms with Gasteiger partial charge in [-0.2, -0.15) is 0 Å². The third kappa shape index (κ3) is 16.5. The van der Waals surface area contributed by atoms with Crippen molar-refractivity contribution in [1.29, 1.82) is 0 Å². The van der Waals surface area contributed by atoms with Gasteiger partial charge in [0.1, 0.15) is 30.7 Å². The molecule has 0 aliphatic rings. The van der Waals surface area contributed by atoms with Crippen molar-refractivity contribution >= 4 is 59.3 Å². The molecule has 0 aromatic heterocycles. The van der Waals surface area contributed by atoms with Gasteiger partial charge in [0.25, 0.3) is 0 Å². The summed E-state index contributed by atoms with van der Waals surface area (Å²) in [4.78, 5) is 119. The number of carbonyl (C=O) groups excluding carboxylic acids is 6. The zero-order valence-corrected chi connectivity index (χ0v) is 25.2. The first kappa shape index (κ1) is 40.7. The third-order valence-electron chi connectivity index (χ3n) is 5.89. The molecule has 21 heteroatoms. The lowest BCUT2D eigenvalue weighted by Gasteiger charge is -2.27. The molecule has 6 amide bonds. The molecule has 0 aliphatic carbocycles. The van der Waals surface area contributed by atoms with E-state index >= 15 is 0 Å². The van der Waals surface area contributed by atoms with Crippen LogP contribution >= 0.6 is 0 Å². The summed E-state index contributed by atoms with van der Waals surface area (Å²) >= 11 is 0. The van der Waals surface area contributed by atoms with E-state index in [9.17, 15) is 58.2 Å². The minimum absolute atomic E-state index is 0.257. The number of carbonyl (C=O) groups is 10. The molecule has 0 aromatic carbocycles. The van der Waals surface area contributed by atoms with Crippen LogP contribution in [-0.4, -0.2) is 123 Å². The van der Waals surface area contributed by atoms with Crippen molar-refractivity contribution in [2.75, 3.05) is 13.1 Å². The van der Waals surface area contributed by atoms with Crippen molar-refractivity contribution in [3.05, 3.63) is 0 Å². The van der Waals surface area contributed by atoms with Gasteiger partial charge in [0.05, 0.1) is 25.4 Å². The Morgan fingerprint density at radius 3 is 1.52 bits per heavy atom. The van der Waals surface area contributed by atoms with Gasteiger partial charge in [0, 0.05) is 6.42 Å². The van der Waals surface area contributed by atoms with Crippen LogP contribution in [0.4, 0.5) is 0 Å². The van der Waals surface area contributed by atoms with Crippen molar-refractivity contribution in [2.45, 2.75) is 76.7 Å². The highest BCUT2D eigenvalue weighted by Crippen LogP contribution is 2.06. The molecule has 46 heavy (non-hydrogen) atoms. The van der Waals surface area contributed by atoms with Gasteiger partial charge < -0.3 is 58.1 Å². The maximum absolute atomic E-state index is 13.0. The fraction of sp³-hybridized carbons (Fsp3) is 0.600. The Kier molecular flexibility index (Phi) is 17.5. The van der Waals surface area contributed by atoms with Crippen LogP contribution in [0.25, 0.3) is 0 Å². The fourth-order valence-electron chi connectivity index (χ4n) is 3.44. The van der Waals surface area contributed by atoms with E-state index in [0.29, 0.717) is 0 Å². The second kappa shape index (κ2) is 19.8. The Morgan fingerprint density at radius 1 is 0.565 bits per heavy atom. The quantitative estimate of drug-likeness (QED) is 0.0549.